The summed E-state index contributed by atoms with van der Waals surface area (Å²) in [5.74, 6) is -0.102. The van der Waals surface area contributed by atoms with Crippen molar-refractivity contribution >= 4 is 12.1 Å². The molecule has 1 heterocycles. The predicted octanol–water partition coefficient (Wildman–Crippen LogP) is 1.66. The van der Waals surface area contributed by atoms with Gasteiger partial charge in [-0.1, -0.05) is 13.0 Å². The number of aromatic nitrogens is 1. The highest BCUT2D eigenvalue weighted by atomic mass is 16.1. The molecular formula is C11H13NO2. The van der Waals surface area contributed by atoms with Crippen molar-refractivity contribution in [2.45, 2.75) is 20.3 Å². The summed E-state index contributed by atoms with van der Waals surface area (Å²) < 4.78 is 0. The fourth-order valence-corrected chi connectivity index (χ4v) is 1.17. The summed E-state index contributed by atoms with van der Waals surface area (Å²) in [6.45, 7) is 3.31. The SMILES string of the molecule is CC(=O)c1cccc(CC(C)C=O)n1. The number of pyridine rings is 1. The first-order valence-corrected chi connectivity index (χ1v) is 4.55. The Morgan fingerprint density at radius 1 is 1.57 bits per heavy atom. The van der Waals surface area contributed by atoms with Gasteiger partial charge in [0.2, 0.25) is 0 Å². The molecule has 0 aliphatic rings. The van der Waals surface area contributed by atoms with Crippen LogP contribution in [0.1, 0.15) is 30.0 Å². The van der Waals surface area contributed by atoms with Crippen LogP contribution >= 0.6 is 0 Å². The summed E-state index contributed by atoms with van der Waals surface area (Å²) in [4.78, 5) is 25.6. The molecule has 0 aromatic carbocycles. The second-order valence-corrected chi connectivity index (χ2v) is 3.39. The first kappa shape index (κ1) is 10.6. The lowest BCUT2D eigenvalue weighted by Gasteiger charge is -2.03. The molecule has 0 saturated carbocycles. The van der Waals surface area contributed by atoms with Crippen LogP contribution in [0.4, 0.5) is 0 Å². The molecule has 0 aliphatic carbocycles. The summed E-state index contributed by atoms with van der Waals surface area (Å²) in [6, 6.07) is 5.29. The fraction of sp³-hybridized carbons (Fsp3) is 0.364. The van der Waals surface area contributed by atoms with Crippen LogP contribution in [0.5, 0.6) is 0 Å². The minimum absolute atomic E-state index is 0.0504. The molecule has 3 nitrogen and oxygen atoms in total. The third-order valence-electron chi connectivity index (χ3n) is 1.93. The van der Waals surface area contributed by atoms with E-state index in [0.717, 1.165) is 12.0 Å². The van der Waals surface area contributed by atoms with Crippen LogP contribution in [0.3, 0.4) is 0 Å². The predicted molar refractivity (Wildman–Crippen MR) is 53.2 cm³/mol. The summed E-state index contributed by atoms with van der Waals surface area (Å²) in [5.41, 5.74) is 1.25. The molecule has 3 heteroatoms. The smallest absolute Gasteiger partial charge is 0.178 e. The first-order chi connectivity index (χ1) is 6.63. The highest BCUT2D eigenvalue weighted by molar-refractivity contribution is 5.92. The Hall–Kier alpha value is -1.51. The highest BCUT2D eigenvalue weighted by Gasteiger charge is 2.05. The van der Waals surface area contributed by atoms with Crippen molar-refractivity contribution in [3.8, 4) is 0 Å². The number of Topliss-reactive ketones (excluding diaryl/α,β-unsaturated/α-hetero) is 1. The van der Waals surface area contributed by atoms with Gasteiger partial charge in [0, 0.05) is 18.5 Å². The standard InChI is InChI=1S/C11H13NO2/c1-8(7-13)6-10-4-3-5-11(12-10)9(2)14/h3-5,7-8H,6H2,1-2H3. The maximum absolute atomic E-state index is 11.0. The minimum Gasteiger partial charge on any atom is -0.303 e. The molecule has 1 rings (SSSR count). The van der Waals surface area contributed by atoms with E-state index in [1.807, 2.05) is 13.0 Å². The highest BCUT2D eigenvalue weighted by Crippen LogP contribution is 2.05. The molecular weight excluding hydrogens is 178 g/mol. The summed E-state index contributed by atoms with van der Waals surface area (Å²) in [7, 11) is 0. The van der Waals surface area contributed by atoms with E-state index in [1.165, 1.54) is 6.92 Å². The molecule has 0 amide bonds. The Morgan fingerprint density at radius 2 is 2.29 bits per heavy atom. The molecule has 0 fully saturated rings. The fourth-order valence-electron chi connectivity index (χ4n) is 1.17. The lowest BCUT2D eigenvalue weighted by molar-refractivity contribution is -0.110. The molecule has 0 saturated heterocycles. The molecule has 74 valence electrons. The zero-order valence-corrected chi connectivity index (χ0v) is 8.36. The molecule has 0 spiro atoms. The lowest BCUT2D eigenvalue weighted by Crippen LogP contribution is -2.05. The van der Waals surface area contributed by atoms with Crippen LogP contribution in [0.2, 0.25) is 0 Å². The van der Waals surface area contributed by atoms with E-state index in [0.29, 0.717) is 12.1 Å². The Kier molecular flexibility index (Phi) is 3.51. The lowest BCUT2D eigenvalue weighted by atomic mass is 10.1. The van der Waals surface area contributed by atoms with Crippen LogP contribution in [-0.4, -0.2) is 17.1 Å². The van der Waals surface area contributed by atoms with Gasteiger partial charge < -0.3 is 4.79 Å². The number of hydrogen-bond acceptors (Lipinski definition) is 3. The quantitative estimate of drug-likeness (QED) is 0.537. The van der Waals surface area contributed by atoms with Gasteiger partial charge >= 0.3 is 0 Å². The average Bonchev–Trinajstić information content (AvgIpc) is 2.18. The Morgan fingerprint density at radius 3 is 2.86 bits per heavy atom. The van der Waals surface area contributed by atoms with Gasteiger partial charge in [-0.3, -0.25) is 4.79 Å². The molecule has 0 aliphatic heterocycles. The second-order valence-electron chi connectivity index (χ2n) is 3.39. The zero-order valence-electron chi connectivity index (χ0n) is 8.36. The van der Waals surface area contributed by atoms with Crippen LogP contribution in [0.15, 0.2) is 18.2 Å². The van der Waals surface area contributed by atoms with Gasteiger partial charge in [-0.05, 0) is 18.6 Å². The van der Waals surface area contributed by atoms with Crippen molar-refractivity contribution in [1.82, 2.24) is 4.98 Å². The second kappa shape index (κ2) is 4.65. The molecule has 1 aromatic heterocycles. The van der Waals surface area contributed by atoms with Gasteiger partial charge in [0.25, 0.3) is 0 Å². The topological polar surface area (TPSA) is 47.0 Å². The maximum atomic E-state index is 11.0. The minimum atomic E-state index is -0.0512. The van der Waals surface area contributed by atoms with Crippen molar-refractivity contribution < 1.29 is 9.59 Å². The van der Waals surface area contributed by atoms with Crippen molar-refractivity contribution in [2.24, 2.45) is 5.92 Å². The summed E-state index contributed by atoms with van der Waals surface area (Å²) in [6.07, 6.45) is 1.48. The molecule has 0 N–H and O–H groups in total. The largest absolute Gasteiger partial charge is 0.303 e. The number of nitrogens with zero attached hydrogens (tertiary/aromatic N) is 1. The monoisotopic (exact) mass is 191 g/mol. The third kappa shape index (κ3) is 2.76. The number of carbonyl (C=O) groups is 2. The van der Waals surface area contributed by atoms with E-state index in [-0.39, 0.29) is 11.7 Å². The van der Waals surface area contributed by atoms with Crippen molar-refractivity contribution in [1.29, 1.82) is 0 Å². The molecule has 1 unspecified atom stereocenters. The van der Waals surface area contributed by atoms with Gasteiger partial charge in [-0.2, -0.15) is 0 Å². The van der Waals surface area contributed by atoms with Gasteiger partial charge in [-0.25, -0.2) is 4.98 Å². The molecule has 1 atom stereocenters. The number of rotatable bonds is 4. The number of ketones is 1. The van der Waals surface area contributed by atoms with Gasteiger partial charge in [-0.15, -0.1) is 0 Å². The van der Waals surface area contributed by atoms with Gasteiger partial charge in [0.15, 0.2) is 5.78 Å². The van der Waals surface area contributed by atoms with Crippen molar-refractivity contribution in [2.75, 3.05) is 0 Å². The molecule has 0 bridgehead atoms. The molecule has 1 aromatic rings. The Balaban J connectivity index is 2.83. The van der Waals surface area contributed by atoms with Gasteiger partial charge in [0.05, 0.1) is 0 Å². The van der Waals surface area contributed by atoms with E-state index in [9.17, 15) is 9.59 Å². The Bertz CT molecular complexity index is 347. The normalized spacial score (nSPS) is 12.1. The number of aldehydes is 1. The number of hydrogen-bond donors (Lipinski definition) is 0. The van der Waals surface area contributed by atoms with Crippen LogP contribution in [-0.2, 0) is 11.2 Å². The molecule has 14 heavy (non-hydrogen) atoms. The van der Waals surface area contributed by atoms with Crippen LogP contribution in [0.25, 0.3) is 0 Å². The van der Waals surface area contributed by atoms with Crippen molar-refractivity contribution in [3.05, 3.63) is 29.6 Å². The van der Waals surface area contributed by atoms with Crippen LogP contribution in [0, 0.1) is 5.92 Å². The van der Waals surface area contributed by atoms with E-state index < -0.39 is 0 Å². The van der Waals surface area contributed by atoms with E-state index >= 15 is 0 Å². The zero-order chi connectivity index (χ0) is 10.6. The van der Waals surface area contributed by atoms with Gasteiger partial charge in [0.1, 0.15) is 12.0 Å². The van der Waals surface area contributed by atoms with E-state index in [2.05, 4.69) is 4.98 Å². The van der Waals surface area contributed by atoms with Crippen molar-refractivity contribution in [3.63, 3.8) is 0 Å². The first-order valence-electron chi connectivity index (χ1n) is 4.55. The summed E-state index contributed by atoms with van der Waals surface area (Å²) >= 11 is 0. The Labute approximate surface area is 83.2 Å². The third-order valence-corrected chi connectivity index (χ3v) is 1.93. The summed E-state index contributed by atoms with van der Waals surface area (Å²) in [5, 5.41) is 0. The van der Waals surface area contributed by atoms with E-state index in [1.54, 1.807) is 12.1 Å². The molecule has 0 radical (unpaired) electrons. The number of carbonyl (C=O) groups excluding carboxylic acids is 2. The van der Waals surface area contributed by atoms with Crippen LogP contribution < -0.4 is 0 Å². The van der Waals surface area contributed by atoms with E-state index in [4.69, 9.17) is 0 Å². The average molecular weight is 191 g/mol. The maximum Gasteiger partial charge on any atom is 0.178 e.